The molecule has 0 spiro atoms. The molecule has 1 heterocycles. The summed E-state index contributed by atoms with van der Waals surface area (Å²) in [5.74, 6) is 0.0740. The maximum atomic E-state index is 11.5. The van der Waals surface area contributed by atoms with E-state index in [1.807, 2.05) is 20.0 Å². The van der Waals surface area contributed by atoms with Crippen LogP contribution in [0.2, 0.25) is 0 Å². The third kappa shape index (κ3) is 1.97. The van der Waals surface area contributed by atoms with Gasteiger partial charge in [0.15, 0.2) is 0 Å². The molecule has 0 aliphatic heterocycles. The molecular formula is C11H17NO2. The SMILES string of the molecule is CCOC(=O)c1[nH]cc(C)c1C(C)C. The molecule has 78 valence electrons. The van der Waals surface area contributed by atoms with E-state index < -0.39 is 0 Å². The number of rotatable bonds is 3. The van der Waals surface area contributed by atoms with E-state index in [-0.39, 0.29) is 5.97 Å². The van der Waals surface area contributed by atoms with E-state index in [4.69, 9.17) is 4.74 Å². The smallest absolute Gasteiger partial charge is 0.355 e. The van der Waals surface area contributed by atoms with Gasteiger partial charge in [0.05, 0.1) is 6.61 Å². The number of hydrogen-bond acceptors (Lipinski definition) is 2. The summed E-state index contributed by atoms with van der Waals surface area (Å²) in [6, 6.07) is 0. The number of aryl methyl sites for hydroxylation is 1. The number of hydrogen-bond donors (Lipinski definition) is 1. The molecule has 1 aromatic heterocycles. The number of aromatic nitrogens is 1. The molecule has 1 rings (SSSR count). The molecule has 3 heteroatoms. The second-order valence-corrected chi connectivity index (χ2v) is 3.64. The summed E-state index contributed by atoms with van der Waals surface area (Å²) in [7, 11) is 0. The Kier molecular flexibility index (Phi) is 3.33. The molecule has 0 radical (unpaired) electrons. The zero-order valence-electron chi connectivity index (χ0n) is 9.18. The highest BCUT2D eigenvalue weighted by atomic mass is 16.5. The molecule has 0 saturated heterocycles. The summed E-state index contributed by atoms with van der Waals surface area (Å²) in [5, 5.41) is 0. The molecule has 0 aromatic carbocycles. The van der Waals surface area contributed by atoms with E-state index in [1.54, 1.807) is 0 Å². The molecule has 14 heavy (non-hydrogen) atoms. The molecule has 0 aliphatic rings. The average Bonchev–Trinajstić information content (AvgIpc) is 2.47. The first-order valence-corrected chi connectivity index (χ1v) is 4.92. The Hall–Kier alpha value is -1.25. The summed E-state index contributed by atoms with van der Waals surface area (Å²) in [5.41, 5.74) is 2.77. The first-order chi connectivity index (χ1) is 6.57. The molecule has 1 N–H and O–H groups in total. The van der Waals surface area contributed by atoms with Crippen molar-refractivity contribution in [2.45, 2.75) is 33.6 Å². The molecule has 0 aliphatic carbocycles. The zero-order chi connectivity index (χ0) is 10.7. The van der Waals surface area contributed by atoms with E-state index in [1.165, 1.54) is 0 Å². The van der Waals surface area contributed by atoms with Gasteiger partial charge < -0.3 is 9.72 Å². The maximum absolute atomic E-state index is 11.5. The van der Waals surface area contributed by atoms with Gasteiger partial charge >= 0.3 is 5.97 Å². The standard InChI is InChI=1S/C11H17NO2/c1-5-14-11(13)10-9(7(2)3)8(4)6-12-10/h6-7,12H,5H2,1-4H3. The molecule has 1 aromatic rings. The van der Waals surface area contributed by atoms with Crippen LogP contribution in [0.25, 0.3) is 0 Å². The topological polar surface area (TPSA) is 42.1 Å². The minimum absolute atomic E-state index is 0.260. The van der Waals surface area contributed by atoms with Crippen LogP contribution in [0.15, 0.2) is 6.20 Å². The van der Waals surface area contributed by atoms with Crippen molar-refractivity contribution in [2.75, 3.05) is 6.61 Å². The van der Waals surface area contributed by atoms with Gasteiger partial charge in [-0.25, -0.2) is 4.79 Å². The van der Waals surface area contributed by atoms with Crippen LogP contribution in [-0.4, -0.2) is 17.6 Å². The second-order valence-electron chi connectivity index (χ2n) is 3.64. The van der Waals surface area contributed by atoms with Gasteiger partial charge in [-0.1, -0.05) is 13.8 Å². The summed E-state index contributed by atoms with van der Waals surface area (Å²) in [6.45, 7) is 8.35. The zero-order valence-corrected chi connectivity index (χ0v) is 9.18. The molecule has 0 atom stereocenters. The van der Waals surface area contributed by atoms with Crippen LogP contribution in [0.4, 0.5) is 0 Å². The van der Waals surface area contributed by atoms with Gasteiger partial charge in [-0.3, -0.25) is 0 Å². The predicted octanol–water partition coefficient (Wildman–Crippen LogP) is 2.62. The van der Waals surface area contributed by atoms with Crippen molar-refractivity contribution in [3.63, 3.8) is 0 Å². The molecule has 0 saturated carbocycles. The van der Waals surface area contributed by atoms with Gasteiger partial charge in [0.2, 0.25) is 0 Å². The number of esters is 1. The third-order valence-corrected chi connectivity index (χ3v) is 2.18. The minimum Gasteiger partial charge on any atom is -0.461 e. The number of ether oxygens (including phenoxy) is 1. The Morgan fingerprint density at radius 1 is 1.57 bits per heavy atom. The molecule has 0 unspecified atom stereocenters. The van der Waals surface area contributed by atoms with Crippen molar-refractivity contribution < 1.29 is 9.53 Å². The van der Waals surface area contributed by atoms with E-state index in [0.29, 0.717) is 18.2 Å². The van der Waals surface area contributed by atoms with Crippen molar-refractivity contribution in [2.24, 2.45) is 0 Å². The maximum Gasteiger partial charge on any atom is 0.355 e. The van der Waals surface area contributed by atoms with Gasteiger partial charge in [-0.05, 0) is 30.9 Å². The van der Waals surface area contributed by atoms with E-state index in [0.717, 1.165) is 11.1 Å². The van der Waals surface area contributed by atoms with Crippen molar-refractivity contribution in [3.8, 4) is 0 Å². The monoisotopic (exact) mass is 195 g/mol. The van der Waals surface area contributed by atoms with Crippen molar-refractivity contribution in [1.29, 1.82) is 0 Å². The normalized spacial score (nSPS) is 10.6. The van der Waals surface area contributed by atoms with Gasteiger partial charge in [0.25, 0.3) is 0 Å². The lowest BCUT2D eigenvalue weighted by Crippen LogP contribution is -2.08. The largest absolute Gasteiger partial charge is 0.461 e. The summed E-state index contributed by atoms with van der Waals surface area (Å²) in [6.07, 6.45) is 1.85. The summed E-state index contributed by atoms with van der Waals surface area (Å²) in [4.78, 5) is 14.5. The molecule has 3 nitrogen and oxygen atoms in total. The highest BCUT2D eigenvalue weighted by Crippen LogP contribution is 2.23. The quantitative estimate of drug-likeness (QED) is 0.753. The molecule has 0 amide bonds. The highest BCUT2D eigenvalue weighted by molar-refractivity contribution is 5.89. The Bertz CT molecular complexity index is 326. The van der Waals surface area contributed by atoms with Gasteiger partial charge in [0.1, 0.15) is 5.69 Å². The minimum atomic E-state index is -0.260. The van der Waals surface area contributed by atoms with Crippen LogP contribution in [0.3, 0.4) is 0 Å². The Balaban J connectivity index is 3.02. The predicted molar refractivity (Wildman–Crippen MR) is 55.6 cm³/mol. The Labute approximate surface area is 84.5 Å². The Morgan fingerprint density at radius 3 is 2.71 bits per heavy atom. The third-order valence-electron chi connectivity index (χ3n) is 2.18. The van der Waals surface area contributed by atoms with Crippen LogP contribution in [0.5, 0.6) is 0 Å². The lowest BCUT2D eigenvalue weighted by molar-refractivity contribution is 0.0518. The number of aromatic amines is 1. The van der Waals surface area contributed by atoms with Gasteiger partial charge in [-0.2, -0.15) is 0 Å². The summed E-state index contributed by atoms with van der Waals surface area (Å²) >= 11 is 0. The van der Waals surface area contributed by atoms with E-state index >= 15 is 0 Å². The van der Waals surface area contributed by atoms with E-state index in [2.05, 4.69) is 18.8 Å². The Morgan fingerprint density at radius 2 is 2.21 bits per heavy atom. The molecule has 0 bridgehead atoms. The molecular weight excluding hydrogens is 178 g/mol. The van der Waals surface area contributed by atoms with Crippen molar-refractivity contribution in [3.05, 3.63) is 23.0 Å². The van der Waals surface area contributed by atoms with Crippen LogP contribution in [-0.2, 0) is 4.74 Å². The fourth-order valence-electron chi connectivity index (χ4n) is 1.65. The summed E-state index contributed by atoms with van der Waals surface area (Å²) < 4.78 is 4.96. The van der Waals surface area contributed by atoms with Crippen molar-refractivity contribution in [1.82, 2.24) is 4.98 Å². The van der Waals surface area contributed by atoms with Crippen LogP contribution < -0.4 is 0 Å². The second kappa shape index (κ2) is 4.31. The number of carbonyl (C=O) groups excluding carboxylic acids is 1. The molecule has 0 fully saturated rings. The lowest BCUT2D eigenvalue weighted by atomic mass is 10.00. The average molecular weight is 195 g/mol. The number of carbonyl (C=O) groups is 1. The van der Waals surface area contributed by atoms with Gasteiger partial charge in [-0.15, -0.1) is 0 Å². The number of H-pyrrole nitrogens is 1. The first kappa shape index (κ1) is 10.8. The highest BCUT2D eigenvalue weighted by Gasteiger charge is 2.18. The fourth-order valence-corrected chi connectivity index (χ4v) is 1.65. The van der Waals surface area contributed by atoms with Crippen LogP contribution in [0.1, 0.15) is 48.3 Å². The fraction of sp³-hybridized carbons (Fsp3) is 0.545. The number of nitrogens with one attached hydrogen (secondary N) is 1. The van der Waals surface area contributed by atoms with E-state index in [9.17, 15) is 4.79 Å². The first-order valence-electron chi connectivity index (χ1n) is 4.92. The van der Waals surface area contributed by atoms with Crippen LogP contribution in [0, 0.1) is 6.92 Å². The van der Waals surface area contributed by atoms with Gasteiger partial charge in [0, 0.05) is 6.20 Å². The van der Waals surface area contributed by atoms with Crippen molar-refractivity contribution >= 4 is 5.97 Å². The lowest BCUT2D eigenvalue weighted by Gasteiger charge is -2.07. The van der Waals surface area contributed by atoms with Crippen LogP contribution >= 0.6 is 0 Å².